The fraction of sp³-hybridized carbons (Fsp3) is 0.350. The molecule has 25 heavy (non-hydrogen) atoms. The zero-order valence-corrected chi connectivity index (χ0v) is 15.0. The number of methoxy groups -OCH3 is 2. The molecule has 2 aromatic rings. The Kier molecular flexibility index (Phi) is 6.69. The molecule has 1 atom stereocenters. The number of ether oxygens (including phenoxy) is 2. The summed E-state index contributed by atoms with van der Waals surface area (Å²) in [7, 11) is 3.14. The molecule has 0 aliphatic rings. The number of hydrogen-bond acceptors (Lipinski definition) is 4. The number of rotatable bonds is 9. The maximum absolute atomic E-state index is 12.6. The van der Waals surface area contributed by atoms with E-state index in [2.05, 4.69) is 11.9 Å². The van der Waals surface area contributed by atoms with Crippen LogP contribution in [0.5, 0.6) is 11.5 Å². The second-order valence-electron chi connectivity index (χ2n) is 5.86. The van der Waals surface area contributed by atoms with E-state index in [-0.39, 0.29) is 11.9 Å². The minimum atomic E-state index is -0.141. The Morgan fingerprint density at radius 2 is 2.16 bits per heavy atom. The molecule has 134 valence electrons. The van der Waals surface area contributed by atoms with Crippen molar-refractivity contribution in [3.8, 4) is 11.5 Å². The summed E-state index contributed by atoms with van der Waals surface area (Å²) in [4.78, 5) is 12.6. The number of carbonyl (C=O) groups is 1. The molecule has 2 rings (SSSR count). The van der Waals surface area contributed by atoms with Crippen molar-refractivity contribution in [3.63, 3.8) is 0 Å². The Morgan fingerprint density at radius 1 is 1.36 bits per heavy atom. The molecule has 0 spiro atoms. The van der Waals surface area contributed by atoms with Crippen LogP contribution in [0, 0.1) is 0 Å². The highest BCUT2D eigenvalue weighted by Gasteiger charge is 2.17. The molecule has 1 heterocycles. The van der Waals surface area contributed by atoms with Gasteiger partial charge in [0.15, 0.2) is 11.5 Å². The van der Waals surface area contributed by atoms with E-state index in [0.29, 0.717) is 23.5 Å². The minimum Gasteiger partial charge on any atom is -0.493 e. The molecule has 1 aromatic heterocycles. The van der Waals surface area contributed by atoms with Crippen molar-refractivity contribution in [2.24, 2.45) is 0 Å². The molecule has 0 bridgehead atoms. The largest absolute Gasteiger partial charge is 0.493 e. The van der Waals surface area contributed by atoms with Crippen LogP contribution in [0.4, 0.5) is 0 Å². The molecule has 1 aromatic carbocycles. The summed E-state index contributed by atoms with van der Waals surface area (Å²) < 4.78 is 16.1. The van der Waals surface area contributed by atoms with Crippen LogP contribution in [0.2, 0.25) is 0 Å². The fourth-order valence-electron chi connectivity index (χ4n) is 2.67. The second kappa shape index (κ2) is 8.97. The molecule has 0 saturated carbocycles. The van der Waals surface area contributed by atoms with Crippen molar-refractivity contribution in [2.45, 2.75) is 32.2 Å². The van der Waals surface area contributed by atoms with Gasteiger partial charge in [0.1, 0.15) is 5.76 Å². The van der Waals surface area contributed by atoms with Gasteiger partial charge >= 0.3 is 0 Å². The van der Waals surface area contributed by atoms with Crippen LogP contribution >= 0.6 is 0 Å². The van der Waals surface area contributed by atoms with Crippen molar-refractivity contribution in [2.75, 3.05) is 14.2 Å². The average molecular weight is 343 g/mol. The van der Waals surface area contributed by atoms with E-state index < -0.39 is 0 Å². The molecular weight excluding hydrogens is 318 g/mol. The fourth-order valence-corrected chi connectivity index (χ4v) is 2.67. The summed E-state index contributed by atoms with van der Waals surface area (Å²) in [5, 5.41) is 3.01. The normalized spacial score (nSPS) is 11.6. The summed E-state index contributed by atoms with van der Waals surface area (Å²) in [6, 6.07) is 7.33. The quantitative estimate of drug-likeness (QED) is 0.704. The lowest BCUT2D eigenvalue weighted by atomic mass is 10.0. The summed E-state index contributed by atoms with van der Waals surface area (Å²) in [6.07, 6.45) is 5.59. The maximum Gasteiger partial charge on any atom is 0.251 e. The first kappa shape index (κ1) is 18.6. The number of benzene rings is 1. The molecule has 1 unspecified atom stereocenters. The van der Waals surface area contributed by atoms with E-state index in [4.69, 9.17) is 13.9 Å². The number of aryl methyl sites for hydroxylation is 1. The summed E-state index contributed by atoms with van der Waals surface area (Å²) in [5.41, 5.74) is 1.41. The molecule has 1 N–H and O–H groups in total. The summed E-state index contributed by atoms with van der Waals surface area (Å²) in [5.74, 6) is 1.94. The second-order valence-corrected chi connectivity index (χ2v) is 5.86. The van der Waals surface area contributed by atoms with Crippen molar-refractivity contribution in [3.05, 3.63) is 60.1 Å². The predicted molar refractivity (Wildman–Crippen MR) is 97.4 cm³/mol. The van der Waals surface area contributed by atoms with Crippen LogP contribution in [-0.4, -0.2) is 26.2 Å². The van der Waals surface area contributed by atoms with Crippen molar-refractivity contribution < 1.29 is 18.7 Å². The Morgan fingerprint density at radius 3 is 2.76 bits per heavy atom. The summed E-state index contributed by atoms with van der Waals surface area (Å²) in [6.45, 7) is 5.73. The summed E-state index contributed by atoms with van der Waals surface area (Å²) >= 11 is 0. The van der Waals surface area contributed by atoms with E-state index in [1.807, 2.05) is 25.1 Å². The van der Waals surface area contributed by atoms with E-state index in [0.717, 1.165) is 24.2 Å². The lowest BCUT2D eigenvalue weighted by Crippen LogP contribution is -2.33. The minimum absolute atomic E-state index is 0.0218. The van der Waals surface area contributed by atoms with Crippen molar-refractivity contribution >= 4 is 5.91 Å². The number of carbonyl (C=O) groups excluding carboxylic acids is 1. The monoisotopic (exact) mass is 343 g/mol. The highest BCUT2D eigenvalue weighted by Crippen LogP contribution is 2.33. The zero-order valence-electron chi connectivity index (χ0n) is 15.0. The molecular formula is C20H25NO4. The number of furan rings is 1. The van der Waals surface area contributed by atoms with Crippen LogP contribution in [-0.2, 0) is 12.8 Å². The first-order chi connectivity index (χ1) is 12.1. The van der Waals surface area contributed by atoms with Gasteiger partial charge in [-0.3, -0.25) is 4.79 Å². The van der Waals surface area contributed by atoms with Crippen molar-refractivity contribution in [1.29, 1.82) is 0 Å². The molecule has 1 amide bonds. The molecule has 5 nitrogen and oxygen atoms in total. The lowest BCUT2D eigenvalue weighted by molar-refractivity contribution is 0.0937. The third-order valence-corrected chi connectivity index (χ3v) is 3.96. The van der Waals surface area contributed by atoms with Crippen LogP contribution in [0.1, 0.15) is 35.0 Å². The van der Waals surface area contributed by atoms with Gasteiger partial charge < -0.3 is 19.2 Å². The van der Waals surface area contributed by atoms with Gasteiger partial charge in [0.25, 0.3) is 5.91 Å². The zero-order chi connectivity index (χ0) is 18.2. The van der Waals surface area contributed by atoms with Crippen LogP contribution in [0.3, 0.4) is 0 Å². The highest BCUT2D eigenvalue weighted by molar-refractivity contribution is 5.95. The lowest BCUT2D eigenvalue weighted by Gasteiger charge is -2.16. The molecule has 0 saturated heterocycles. The van der Waals surface area contributed by atoms with E-state index >= 15 is 0 Å². The molecule has 0 aliphatic heterocycles. The Bertz CT molecular complexity index is 707. The Hall–Kier alpha value is -2.69. The average Bonchev–Trinajstić information content (AvgIpc) is 3.13. The molecule has 0 radical (unpaired) electrons. The Balaban J connectivity index is 2.09. The van der Waals surface area contributed by atoms with Gasteiger partial charge in [0.2, 0.25) is 0 Å². The van der Waals surface area contributed by atoms with Crippen LogP contribution in [0.25, 0.3) is 0 Å². The standard InChI is InChI=1S/C20H25NO4/c1-5-7-15-12-16(13-18(23-3)19(15)24-4)20(22)21-14(2)9-10-17-8-6-11-25-17/h5-6,8,11-14H,1,7,9-10H2,2-4H3,(H,21,22). The highest BCUT2D eigenvalue weighted by atomic mass is 16.5. The predicted octanol–water partition coefficient (Wildman–Crippen LogP) is 3.78. The van der Waals surface area contributed by atoms with E-state index in [1.54, 1.807) is 32.6 Å². The first-order valence-corrected chi connectivity index (χ1v) is 8.28. The van der Waals surface area contributed by atoms with Gasteiger partial charge in [-0.1, -0.05) is 6.08 Å². The smallest absolute Gasteiger partial charge is 0.251 e. The van der Waals surface area contributed by atoms with Crippen molar-refractivity contribution in [1.82, 2.24) is 5.32 Å². The topological polar surface area (TPSA) is 60.7 Å². The Labute approximate surface area is 148 Å². The maximum atomic E-state index is 12.6. The van der Waals surface area contributed by atoms with Gasteiger partial charge in [-0.15, -0.1) is 6.58 Å². The molecule has 5 heteroatoms. The van der Waals surface area contributed by atoms with Gasteiger partial charge in [-0.05, 0) is 44.0 Å². The van der Waals surface area contributed by atoms with Crippen LogP contribution < -0.4 is 14.8 Å². The molecule has 0 fully saturated rings. The number of allylic oxidation sites excluding steroid dienone is 1. The first-order valence-electron chi connectivity index (χ1n) is 8.28. The van der Waals surface area contributed by atoms with Crippen LogP contribution in [0.15, 0.2) is 47.6 Å². The third kappa shape index (κ3) is 4.89. The van der Waals surface area contributed by atoms with Gasteiger partial charge in [0.05, 0.1) is 20.5 Å². The molecule has 0 aliphatic carbocycles. The van der Waals surface area contributed by atoms with Gasteiger partial charge in [-0.2, -0.15) is 0 Å². The number of nitrogens with one attached hydrogen (secondary N) is 1. The van der Waals surface area contributed by atoms with Gasteiger partial charge in [0, 0.05) is 23.6 Å². The van der Waals surface area contributed by atoms with E-state index in [9.17, 15) is 4.79 Å². The van der Waals surface area contributed by atoms with Gasteiger partial charge in [-0.25, -0.2) is 0 Å². The van der Waals surface area contributed by atoms with E-state index in [1.165, 1.54) is 0 Å². The number of amides is 1. The third-order valence-electron chi connectivity index (χ3n) is 3.96. The number of hydrogen-bond donors (Lipinski definition) is 1. The SMILES string of the molecule is C=CCc1cc(C(=O)NC(C)CCc2ccco2)cc(OC)c1OC.